The molecule has 0 unspecified atom stereocenters. The number of benzene rings is 2. The van der Waals surface area contributed by atoms with Crippen LogP contribution in [0.1, 0.15) is 19.4 Å². The van der Waals surface area contributed by atoms with Gasteiger partial charge in [-0.25, -0.2) is 5.43 Å². The van der Waals surface area contributed by atoms with Crippen molar-refractivity contribution < 1.29 is 14.6 Å². The van der Waals surface area contributed by atoms with Gasteiger partial charge in [-0.05, 0) is 67.9 Å². The van der Waals surface area contributed by atoms with Crippen molar-refractivity contribution >= 4 is 23.7 Å². The van der Waals surface area contributed by atoms with E-state index >= 15 is 0 Å². The third-order valence-corrected chi connectivity index (χ3v) is 3.26. The average Bonchev–Trinajstić information content (AvgIpc) is 2.51. The van der Waals surface area contributed by atoms with E-state index in [1.165, 1.54) is 18.3 Å². The smallest absolute Gasteiger partial charge is 0.283 e. The molecule has 120 valence electrons. The van der Waals surface area contributed by atoms with Gasteiger partial charge in [-0.2, -0.15) is 5.10 Å². The molecule has 0 fully saturated rings. The second-order valence-electron chi connectivity index (χ2n) is 5.36. The van der Waals surface area contributed by atoms with Crippen LogP contribution in [0, 0.1) is 0 Å². The zero-order chi connectivity index (χ0) is 16.9. The molecule has 0 aromatic heterocycles. The van der Waals surface area contributed by atoms with Gasteiger partial charge in [-0.3, -0.25) is 4.79 Å². The highest BCUT2D eigenvalue weighted by atomic mass is 35.5. The number of hydrazone groups is 1. The highest BCUT2D eigenvalue weighted by Gasteiger charge is 2.29. The van der Waals surface area contributed by atoms with Crippen molar-refractivity contribution in [3.63, 3.8) is 0 Å². The van der Waals surface area contributed by atoms with Gasteiger partial charge in [0.1, 0.15) is 11.5 Å². The Bertz CT molecular complexity index is 695. The maximum atomic E-state index is 12.2. The largest absolute Gasteiger partial charge is 0.508 e. The van der Waals surface area contributed by atoms with Crippen molar-refractivity contribution in [2.24, 2.45) is 5.10 Å². The maximum Gasteiger partial charge on any atom is 0.283 e. The third-order valence-electron chi connectivity index (χ3n) is 3.01. The maximum absolute atomic E-state index is 12.2. The number of aromatic hydroxyl groups is 1. The SMILES string of the molecule is CC(C)(Oc1ccc(Cl)cc1)C(=O)NN=Cc1ccc(O)cc1. The number of ether oxygens (including phenoxy) is 1. The second-order valence-corrected chi connectivity index (χ2v) is 5.79. The van der Waals surface area contributed by atoms with Crippen LogP contribution >= 0.6 is 11.6 Å². The molecule has 2 N–H and O–H groups in total. The van der Waals surface area contributed by atoms with Gasteiger partial charge < -0.3 is 9.84 Å². The number of phenols is 1. The van der Waals surface area contributed by atoms with Gasteiger partial charge in [0, 0.05) is 5.02 Å². The topological polar surface area (TPSA) is 70.9 Å². The van der Waals surface area contributed by atoms with Crippen molar-refractivity contribution in [2.45, 2.75) is 19.4 Å². The van der Waals surface area contributed by atoms with Gasteiger partial charge in [0.25, 0.3) is 5.91 Å². The molecule has 0 aliphatic heterocycles. The Balaban J connectivity index is 1.95. The van der Waals surface area contributed by atoms with Crippen LogP contribution in [0.25, 0.3) is 0 Å². The summed E-state index contributed by atoms with van der Waals surface area (Å²) in [5.41, 5.74) is 2.09. The number of carbonyl (C=O) groups excluding carboxylic acids is 1. The molecule has 23 heavy (non-hydrogen) atoms. The first kappa shape index (κ1) is 16.8. The summed E-state index contributed by atoms with van der Waals surface area (Å²) in [5.74, 6) is 0.322. The summed E-state index contributed by atoms with van der Waals surface area (Å²) in [7, 11) is 0. The Kier molecular flexibility index (Phi) is 5.24. The molecule has 6 heteroatoms. The standard InChI is InChI=1S/C17H17ClN2O3/c1-17(2,23-15-9-5-13(18)6-10-15)16(22)20-19-11-12-3-7-14(21)8-4-12/h3-11,21H,1-2H3,(H,20,22). The van der Waals surface area contributed by atoms with Crippen molar-refractivity contribution in [1.82, 2.24) is 5.43 Å². The number of nitrogens with zero attached hydrogens (tertiary/aromatic N) is 1. The van der Waals surface area contributed by atoms with Crippen LogP contribution in [0.5, 0.6) is 11.5 Å². The van der Waals surface area contributed by atoms with E-state index in [1.807, 2.05) is 0 Å². The molecular formula is C17H17ClN2O3. The number of hydrogen-bond acceptors (Lipinski definition) is 4. The Morgan fingerprint density at radius 1 is 1.17 bits per heavy atom. The first-order valence-electron chi connectivity index (χ1n) is 6.94. The summed E-state index contributed by atoms with van der Waals surface area (Å²) >= 11 is 5.81. The van der Waals surface area contributed by atoms with E-state index in [2.05, 4.69) is 10.5 Å². The van der Waals surface area contributed by atoms with Crippen molar-refractivity contribution in [3.8, 4) is 11.5 Å². The molecule has 2 rings (SSSR count). The molecular weight excluding hydrogens is 316 g/mol. The highest BCUT2D eigenvalue weighted by molar-refractivity contribution is 6.30. The fraction of sp³-hybridized carbons (Fsp3) is 0.176. The highest BCUT2D eigenvalue weighted by Crippen LogP contribution is 2.21. The first-order chi connectivity index (χ1) is 10.9. The van der Waals surface area contributed by atoms with Crippen molar-refractivity contribution in [1.29, 1.82) is 0 Å². The van der Waals surface area contributed by atoms with Crippen LogP contribution in [0.4, 0.5) is 0 Å². The quantitative estimate of drug-likeness (QED) is 0.651. The summed E-state index contributed by atoms with van der Waals surface area (Å²) in [6, 6.07) is 13.2. The van der Waals surface area contributed by atoms with Crippen LogP contribution < -0.4 is 10.2 Å². The number of hydrogen-bond donors (Lipinski definition) is 2. The predicted molar refractivity (Wildman–Crippen MR) is 90.0 cm³/mol. The summed E-state index contributed by atoms with van der Waals surface area (Å²) in [5, 5.41) is 13.7. The van der Waals surface area contributed by atoms with Gasteiger partial charge in [-0.15, -0.1) is 0 Å². The molecule has 5 nitrogen and oxygen atoms in total. The number of amides is 1. The van der Waals surface area contributed by atoms with Crippen LogP contribution in [0.15, 0.2) is 53.6 Å². The van der Waals surface area contributed by atoms with Crippen LogP contribution in [-0.4, -0.2) is 22.8 Å². The van der Waals surface area contributed by atoms with E-state index in [9.17, 15) is 9.90 Å². The molecule has 1 amide bonds. The van der Waals surface area contributed by atoms with Crippen LogP contribution in [0.2, 0.25) is 5.02 Å². The minimum atomic E-state index is -1.10. The Labute approximate surface area is 139 Å². The number of phenolic OH excluding ortho intramolecular Hbond substituents is 1. The van der Waals surface area contributed by atoms with E-state index < -0.39 is 5.60 Å². The Morgan fingerprint density at radius 2 is 1.78 bits per heavy atom. The molecule has 2 aromatic carbocycles. The average molecular weight is 333 g/mol. The summed E-state index contributed by atoms with van der Waals surface area (Å²) in [4.78, 5) is 12.2. The summed E-state index contributed by atoms with van der Waals surface area (Å²) in [6.45, 7) is 3.29. The second kappa shape index (κ2) is 7.15. The number of halogens is 1. The molecule has 0 heterocycles. The van der Waals surface area contributed by atoms with Crippen LogP contribution in [-0.2, 0) is 4.79 Å². The fourth-order valence-electron chi connectivity index (χ4n) is 1.70. The number of nitrogens with one attached hydrogen (secondary N) is 1. The summed E-state index contributed by atoms with van der Waals surface area (Å²) in [6.07, 6.45) is 1.48. The van der Waals surface area contributed by atoms with Gasteiger partial charge in [-0.1, -0.05) is 11.6 Å². The molecule has 0 aliphatic carbocycles. The number of rotatable bonds is 5. The molecule has 0 aliphatic rings. The Hall–Kier alpha value is -2.53. The molecule has 0 saturated carbocycles. The zero-order valence-electron chi connectivity index (χ0n) is 12.8. The fourth-order valence-corrected chi connectivity index (χ4v) is 1.83. The lowest BCUT2D eigenvalue weighted by Crippen LogP contribution is -2.44. The minimum absolute atomic E-state index is 0.170. The van der Waals surface area contributed by atoms with E-state index in [0.29, 0.717) is 10.8 Å². The van der Waals surface area contributed by atoms with E-state index in [-0.39, 0.29) is 11.7 Å². The lowest BCUT2D eigenvalue weighted by molar-refractivity contribution is -0.134. The lowest BCUT2D eigenvalue weighted by Gasteiger charge is -2.24. The third kappa shape index (κ3) is 5.00. The van der Waals surface area contributed by atoms with E-state index in [0.717, 1.165) is 5.56 Å². The Morgan fingerprint density at radius 3 is 2.39 bits per heavy atom. The zero-order valence-corrected chi connectivity index (χ0v) is 13.5. The predicted octanol–water partition coefficient (Wildman–Crippen LogP) is 3.35. The molecule has 0 saturated heterocycles. The minimum Gasteiger partial charge on any atom is -0.508 e. The van der Waals surface area contributed by atoms with E-state index in [4.69, 9.17) is 16.3 Å². The molecule has 0 atom stereocenters. The van der Waals surface area contributed by atoms with Crippen LogP contribution in [0.3, 0.4) is 0 Å². The normalized spacial score (nSPS) is 11.4. The molecule has 0 bridgehead atoms. The van der Waals surface area contributed by atoms with Gasteiger partial charge in [0.2, 0.25) is 0 Å². The monoisotopic (exact) mass is 332 g/mol. The molecule has 0 spiro atoms. The molecule has 2 aromatic rings. The van der Waals surface area contributed by atoms with Crippen molar-refractivity contribution in [2.75, 3.05) is 0 Å². The van der Waals surface area contributed by atoms with Crippen molar-refractivity contribution in [3.05, 3.63) is 59.1 Å². The summed E-state index contributed by atoms with van der Waals surface area (Å²) < 4.78 is 5.66. The lowest BCUT2D eigenvalue weighted by atomic mass is 10.1. The first-order valence-corrected chi connectivity index (χ1v) is 7.32. The van der Waals surface area contributed by atoms with Gasteiger partial charge in [0.05, 0.1) is 6.21 Å². The number of carbonyl (C=O) groups is 1. The molecule has 0 radical (unpaired) electrons. The van der Waals surface area contributed by atoms with Gasteiger partial charge >= 0.3 is 0 Å². The van der Waals surface area contributed by atoms with Gasteiger partial charge in [0.15, 0.2) is 5.60 Å². The van der Waals surface area contributed by atoms with E-state index in [1.54, 1.807) is 50.2 Å².